The number of rotatable bonds is 3. The Morgan fingerprint density at radius 1 is 1.54 bits per heavy atom. The van der Waals surface area contributed by atoms with Crippen LogP contribution in [0.2, 0.25) is 0 Å². The Morgan fingerprint density at radius 2 is 2.23 bits per heavy atom. The minimum absolute atomic E-state index is 0.0819. The van der Waals surface area contributed by atoms with Crippen LogP contribution in [0.5, 0.6) is 0 Å². The number of halogens is 1. The van der Waals surface area contributed by atoms with Gasteiger partial charge in [-0.25, -0.2) is 4.39 Å². The summed E-state index contributed by atoms with van der Waals surface area (Å²) in [7, 11) is 0. The predicted octanol–water partition coefficient (Wildman–Crippen LogP) is 0.0964. The van der Waals surface area contributed by atoms with Gasteiger partial charge >= 0.3 is 0 Å². The van der Waals surface area contributed by atoms with Crippen molar-refractivity contribution in [2.24, 2.45) is 5.10 Å². The van der Waals surface area contributed by atoms with Gasteiger partial charge in [-0.3, -0.25) is 4.79 Å². The molecule has 0 spiro atoms. The van der Waals surface area contributed by atoms with Gasteiger partial charge in [0.1, 0.15) is 5.82 Å². The van der Waals surface area contributed by atoms with E-state index in [1.165, 1.54) is 29.5 Å². The van der Waals surface area contributed by atoms with E-state index in [2.05, 4.69) is 5.10 Å². The van der Waals surface area contributed by atoms with Gasteiger partial charge in [0, 0.05) is 6.21 Å². The first-order chi connectivity index (χ1) is 6.25. The number of hydrogen-bond acceptors (Lipinski definition) is 1. The third-order valence-corrected chi connectivity index (χ3v) is 1.38. The highest BCUT2D eigenvalue weighted by molar-refractivity contribution is 6.35. The van der Waals surface area contributed by atoms with Crippen molar-refractivity contribution in [1.82, 2.24) is 0 Å². The van der Waals surface area contributed by atoms with Crippen LogP contribution in [0.15, 0.2) is 29.4 Å². The van der Waals surface area contributed by atoms with Gasteiger partial charge in [-0.05, 0) is 12.1 Å². The molecule has 1 rings (SSSR count). The van der Waals surface area contributed by atoms with Crippen molar-refractivity contribution in [1.29, 1.82) is 0 Å². The van der Waals surface area contributed by atoms with Crippen LogP contribution in [0, 0.1) is 5.82 Å². The Kier molecular flexibility index (Phi) is 2.97. The minimum atomic E-state index is -0.614. The number of hydrazone groups is 1. The summed E-state index contributed by atoms with van der Waals surface area (Å²) < 4.78 is 12.9. The SMILES string of the molecule is [N-]=[NH+]N=CC(=O)c1ccccc1F. The third-order valence-electron chi connectivity index (χ3n) is 1.38. The van der Waals surface area contributed by atoms with Crippen molar-refractivity contribution < 1.29 is 14.4 Å². The second kappa shape index (κ2) is 4.20. The van der Waals surface area contributed by atoms with Gasteiger partial charge in [0.25, 0.3) is 0 Å². The molecule has 5 heteroatoms. The first-order valence-electron chi connectivity index (χ1n) is 3.46. The van der Waals surface area contributed by atoms with E-state index in [9.17, 15) is 9.18 Å². The molecule has 0 amide bonds. The highest BCUT2D eigenvalue weighted by Gasteiger charge is 2.06. The van der Waals surface area contributed by atoms with Crippen LogP contribution in [-0.4, -0.2) is 12.0 Å². The van der Waals surface area contributed by atoms with Crippen LogP contribution in [0.25, 0.3) is 5.53 Å². The van der Waals surface area contributed by atoms with Gasteiger partial charge in [-0.1, -0.05) is 12.1 Å². The summed E-state index contributed by atoms with van der Waals surface area (Å²) in [6.45, 7) is 0. The lowest BCUT2D eigenvalue weighted by atomic mass is 10.1. The zero-order valence-corrected chi connectivity index (χ0v) is 6.57. The van der Waals surface area contributed by atoms with E-state index in [0.29, 0.717) is 0 Å². The number of benzene rings is 1. The van der Waals surface area contributed by atoms with Crippen LogP contribution in [0.4, 0.5) is 4.39 Å². The lowest BCUT2D eigenvalue weighted by Crippen LogP contribution is -2.54. The molecule has 0 heterocycles. The zero-order chi connectivity index (χ0) is 9.68. The number of hydrogen-bond donors (Lipinski definition) is 1. The molecule has 0 atom stereocenters. The average molecular weight is 179 g/mol. The molecule has 1 aromatic rings. The molecular formula is C8H6FN3O. The van der Waals surface area contributed by atoms with Crippen LogP contribution in [-0.2, 0) is 0 Å². The number of nitrogens with zero attached hydrogens (tertiary/aromatic N) is 2. The number of Topliss-reactive ketones (excluding diaryl/α,β-unsaturated/α-hetero) is 1. The molecule has 0 saturated carbocycles. The lowest BCUT2D eigenvalue weighted by molar-refractivity contribution is -0.485. The van der Waals surface area contributed by atoms with Crippen molar-refractivity contribution in [2.45, 2.75) is 0 Å². The highest BCUT2D eigenvalue weighted by atomic mass is 19.1. The second-order valence-corrected chi connectivity index (χ2v) is 2.20. The molecule has 0 radical (unpaired) electrons. The zero-order valence-electron chi connectivity index (χ0n) is 6.57. The maximum atomic E-state index is 12.9. The lowest BCUT2D eigenvalue weighted by Gasteiger charge is -1.95. The smallest absolute Gasteiger partial charge is 0.189 e. The summed E-state index contributed by atoms with van der Waals surface area (Å²) in [5.41, 5.74) is 7.96. The maximum Gasteiger partial charge on any atom is 0.189 e. The predicted molar refractivity (Wildman–Crippen MR) is 43.5 cm³/mol. The molecule has 0 aliphatic carbocycles. The second-order valence-electron chi connectivity index (χ2n) is 2.20. The Balaban J connectivity index is 2.95. The molecule has 1 aromatic carbocycles. The molecule has 1 N–H and O–H groups in total. The van der Waals surface area contributed by atoms with Gasteiger partial charge in [0.05, 0.1) is 5.56 Å². The number of carbonyl (C=O) groups excluding carboxylic acids is 1. The van der Waals surface area contributed by atoms with E-state index in [1.807, 2.05) is 0 Å². The average Bonchev–Trinajstić information content (AvgIpc) is 2.15. The summed E-state index contributed by atoms with van der Waals surface area (Å²) in [6.07, 6.45) is 0.790. The molecular weight excluding hydrogens is 173 g/mol. The summed E-state index contributed by atoms with van der Waals surface area (Å²) in [4.78, 5) is 11.1. The van der Waals surface area contributed by atoms with Crippen molar-refractivity contribution in [3.63, 3.8) is 0 Å². The van der Waals surface area contributed by atoms with Crippen LogP contribution in [0.3, 0.4) is 0 Å². The number of ketones is 1. The van der Waals surface area contributed by atoms with E-state index < -0.39 is 11.6 Å². The summed E-state index contributed by atoms with van der Waals surface area (Å²) in [5, 5.41) is 4.47. The minimum Gasteiger partial charge on any atom is -0.289 e. The third kappa shape index (κ3) is 2.26. The standard InChI is InChI=1S/C8H6FN3O/c9-7-4-2-1-3-6(7)8(13)5-11-12-10/h1-5,12H. The molecule has 66 valence electrons. The maximum absolute atomic E-state index is 12.9. The Labute approximate surface area is 73.6 Å². The van der Waals surface area contributed by atoms with Crippen molar-refractivity contribution in [3.05, 3.63) is 41.2 Å². The van der Waals surface area contributed by atoms with Gasteiger partial charge in [-0.15, -0.1) is 0 Å². The highest BCUT2D eigenvalue weighted by Crippen LogP contribution is 2.05. The first kappa shape index (κ1) is 9.18. The summed E-state index contributed by atoms with van der Waals surface area (Å²) in [5.74, 6) is -1.23. The number of nitrogens with one attached hydrogen (secondary N) is 1. The van der Waals surface area contributed by atoms with E-state index in [-0.39, 0.29) is 5.56 Å². The molecule has 0 fully saturated rings. The first-order valence-corrected chi connectivity index (χ1v) is 3.46. The van der Waals surface area contributed by atoms with Crippen LogP contribution < -0.4 is 5.22 Å². The van der Waals surface area contributed by atoms with Crippen LogP contribution in [0.1, 0.15) is 10.4 Å². The quantitative estimate of drug-likeness (QED) is 0.304. The van der Waals surface area contributed by atoms with E-state index in [0.717, 1.165) is 6.21 Å². The van der Waals surface area contributed by atoms with Crippen LogP contribution >= 0.6 is 0 Å². The fourth-order valence-corrected chi connectivity index (χ4v) is 0.818. The van der Waals surface area contributed by atoms with E-state index in [1.54, 1.807) is 0 Å². The molecule has 13 heavy (non-hydrogen) atoms. The fraction of sp³-hybridized carbons (Fsp3) is 0. The van der Waals surface area contributed by atoms with Gasteiger partial charge in [0.2, 0.25) is 0 Å². The van der Waals surface area contributed by atoms with Crippen molar-refractivity contribution in [2.75, 3.05) is 0 Å². The molecule has 0 bridgehead atoms. The van der Waals surface area contributed by atoms with E-state index in [4.69, 9.17) is 5.53 Å². The van der Waals surface area contributed by atoms with Gasteiger partial charge < -0.3 is 0 Å². The van der Waals surface area contributed by atoms with Gasteiger partial charge in [-0.2, -0.15) is 15.9 Å². The molecule has 0 aliphatic heterocycles. The monoisotopic (exact) mass is 179 g/mol. The van der Waals surface area contributed by atoms with Crippen molar-refractivity contribution >= 4 is 12.0 Å². The normalized spacial score (nSPS) is 10.2. The van der Waals surface area contributed by atoms with Gasteiger partial charge in [0.15, 0.2) is 5.78 Å². The molecule has 0 saturated heterocycles. The summed E-state index contributed by atoms with van der Waals surface area (Å²) in [6, 6.07) is 5.53. The summed E-state index contributed by atoms with van der Waals surface area (Å²) >= 11 is 0. The number of carbonyl (C=O) groups is 1. The Hall–Kier alpha value is -1.91. The molecule has 0 unspecified atom stereocenters. The Morgan fingerprint density at radius 3 is 2.85 bits per heavy atom. The molecule has 0 aromatic heterocycles. The molecule has 4 nitrogen and oxygen atoms in total. The Bertz CT molecular complexity index is 362. The largest absolute Gasteiger partial charge is 0.289 e. The van der Waals surface area contributed by atoms with E-state index >= 15 is 0 Å². The molecule has 0 aliphatic rings. The topological polar surface area (TPSA) is 65.7 Å². The van der Waals surface area contributed by atoms with Crippen molar-refractivity contribution in [3.8, 4) is 0 Å². The fourth-order valence-electron chi connectivity index (χ4n) is 0.818.